The number of benzene rings is 2. The summed E-state index contributed by atoms with van der Waals surface area (Å²) in [7, 11) is 0. The van der Waals surface area contributed by atoms with E-state index in [9.17, 15) is 0 Å². The fraction of sp³-hybridized carbons (Fsp3) is 0.500. The second kappa shape index (κ2) is 5.81. The molecule has 1 aliphatic rings. The van der Waals surface area contributed by atoms with Crippen molar-refractivity contribution in [3.05, 3.63) is 47.5 Å². The van der Waals surface area contributed by atoms with E-state index in [-0.39, 0.29) is 0 Å². The molecule has 1 N–H and O–H groups in total. The molecule has 0 unspecified atom stereocenters. The standard InChI is InChI=1S/C20H27N/c1-15-8-9-16-6-4-5-7-19(16)18(15)12-13-20(2,3)14-21-17-10-11-17/h4-9,17,21H,10-14H2,1-3H3. The molecule has 0 amide bonds. The van der Waals surface area contributed by atoms with Crippen molar-refractivity contribution in [2.75, 3.05) is 6.54 Å². The summed E-state index contributed by atoms with van der Waals surface area (Å²) in [6.45, 7) is 8.17. The summed E-state index contributed by atoms with van der Waals surface area (Å²) < 4.78 is 0. The molecule has 1 nitrogen and oxygen atoms in total. The minimum Gasteiger partial charge on any atom is -0.313 e. The van der Waals surface area contributed by atoms with Gasteiger partial charge in [0, 0.05) is 12.6 Å². The van der Waals surface area contributed by atoms with Crippen LogP contribution in [0.4, 0.5) is 0 Å². The fourth-order valence-electron chi connectivity index (χ4n) is 3.04. The Morgan fingerprint density at radius 3 is 2.62 bits per heavy atom. The zero-order valence-corrected chi connectivity index (χ0v) is 13.6. The molecule has 0 radical (unpaired) electrons. The van der Waals surface area contributed by atoms with Gasteiger partial charge in [0.1, 0.15) is 0 Å². The van der Waals surface area contributed by atoms with Crippen molar-refractivity contribution in [3.8, 4) is 0 Å². The molecule has 0 aliphatic heterocycles. The maximum absolute atomic E-state index is 3.68. The highest BCUT2D eigenvalue weighted by Gasteiger charge is 2.25. The summed E-state index contributed by atoms with van der Waals surface area (Å²) in [5, 5.41) is 6.49. The molecule has 3 rings (SSSR count). The van der Waals surface area contributed by atoms with Crippen molar-refractivity contribution in [2.24, 2.45) is 5.41 Å². The third-order valence-corrected chi connectivity index (χ3v) is 4.77. The van der Waals surface area contributed by atoms with E-state index in [0.29, 0.717) is 5.41 Å². The number of nitrogens with one attached hydrogen (secondary N) is 1. The molecule has 0 bridgehead atoms. The van der Waals surface area contributed by atoms with Crippen molar-refractivity contribution in [1.82, 2.24) is 5.32 Å². The van der Waals surface area contributed by atoms with Gasteiger partial charge in [0.15, 0.2) is 0 Å². The lowest BCUT2D eigenvalue weighted by Gasteiger charge is -2.26. The molecular weight excluding hydrogens is 254 g/mol. The highest BCUT2D eigenvalue weighted by Crippen LogP contribution is 2.29. The smallest absolute Gasteiger partial charge is 0.00684 e. The van der Waals surface area contributed by atoms with Gasteiger partial charge < -0.3 is 5.32 Å². The minimum atomic E-state index is 0.367. The van der Waals surface area contributed by atoms with Gasteiger partial charge in [-0.1, -0.05) is 50.2 Å². The van der Waals surface area contributed by atoms with Crippen molar-refractivity contribution in [2.45, 2.75) is 52.5 Å². The topological polar surface area (TPSA) is 12.0 Å². The number of hydrogen-bond acceptors (Lipinski definition) is 1. The Morgan fingerprint density at radius 1 is 1.10 bits per heavy atom. The molecule has 112 valence electrons. The summed E-state index contributed by atoms with van der Waals surface area (Å²) in [4.78, 5) is 0. The highest BCUT2D eigenvalue weighted by atomic mass is 15.0. The summed E-state index contributed by atoms with van der Waals surface area (Å²) in [6.07, 6.45) is 5.16. The van der Waals surface area contributed by atoms with Crippen LogP contribution in [0.2, 0.25) is 0 Å². The van der Waals surface area contributed by atoms with Crippen LogP contribution >= 0.6 is 0 Å². The Labute approximate surface area is 128 Å². The van der Waals surface area contributed by atoms with E-state index in [1.807, 2.05) is 0 Å². The van der Waals surface area contributed by atoms with E-state index in [2.05, 4.69) is 62.5 Å². The van der Waals surface area contributed by atoms with Gasteiger partial charge >= 0.3 is 0 Å². The maximum atomic E-state index is 3.68. The summed E-state index contributed by atoms with van der Waals surface area (Å²) in [5.74, 6) is 0. The Kier molecular flexibility index (Phi) is 4.03. The monoisotopic (exact) mass is 281 g/mol. The SMILES string of the molecule is Cc1ccc2ccccc2c1CCC(C)(C)CNC1CC1. The van der Waals surface area contributed by atoms with E-state index < -0.39 is 0 Å². The van der Waals surface area contributed by atoms with Crippen molar-refractivity contribution in [1.29, 1.82) is 0 Å². The fourth-order valence-corrected chi connectivity index (χ4v) is 3.04. The molecule has 1 heteroatoms. The molecule has 1 fully saturated rings. The lowest BCUT2D eigenvalue weighted by molar-refractivity contribution is 0.313. The first-order valence-corrected chi connectivity index (χ1v) is 8.26. The van der Waals surface area contributed by atoms with Crippen LogP contribution in [0.15, 0.2) is 36.4 Å². The van der Waals surface area contributed by atoms with Crippen LogP contribution in [-0.4, -0.2) is 12.6 Å². The third-order valence-electron chi connectivity index (χ3n) is 4.77. The van der Waals surface area contributed by atoms with E-state index in [1.165, 1.54) is 47.6 Å². The molecular formula is C20H27N. The van der Waals surface area contributed by atoms with Crippen LogP contribution in [0.3, 0.4) is 0 Å². The van der Waals surface area contributed by atoms with Gasteiger partial charge in [-0.05, 0) is 59.9 Å². The van der Waals surface area contributed by atoms with Crippen LogP contribution in [0.1, 0.15) is 44.2 Å². The van der Waals surface area contributed by atoms with Gasteiger partial charge in [-0.3, -0.25) is 0 Å². The average molecular weight is 281 g/mol. The molecule has 21 heavy (non-hydrogen) atoms. The van der Waals surface area contributed by atoms with Crippen LogP contribution in [0.5, 0.6) is 0 Å². The first kappa shape index (κ1) is 14.6. The lowest BCUT2D eigenvalue weighted by Crippen LogP contribution is -2.31. The van der Waals surface area contributed by atoms with E-state index in [4.69, 9.17) is 0 Å². The van der Waals surface area contributed by atoms with Gasteiger partial charge in [-0.15, -0.1) is 0 Å². The number of fused-ring (bicyclic) bond motifs is 1. The molecule has 1 saturated carbocycles. The van der Waals surface area contributed by atoms with E-state index in [0.717, 1.165) is 12.6 Å². The highest BCUT2D eigenvalue weighted by molar-refractivity contribution is 5.86. The summed E-state index contributed by atoms with van der Waals surface area (Å²) >= 11 is 0. The van der Waals surface area contributed by atoms with Gasteiger partial charge in [0.05, 0.1) is 0 Å². The minimum absolute atomic E-state index is 0.367. The van der Waals surface area contributed by atoms with E-state index in [1.54, 1.807) is 0 Å². The first-order valence-electron chi connectivity index (χ1n) is 8.26. The number of aryl methyl sites for hydroxylation is 2. The first-order chi connectivity index (χ1) is 10.1. The Balaban J connectivity index is 1.73. The number of hydrogen-bond donors (Lipinski definition) is 1. The Bertz CT molecular complexity index is 623. The van der Waals surface area contributed by atoms with Crippen LogP contribution in [0, 0.1) is 12.3 Å². The maximum Gasteiger partial charge on any atom is 0.00684 e. The van der Waals surface area contributed by atoms with Crippen LogP contribution in [-0.2, 0) is 6.42 Å². The lowest BCUT2D eigenvalue weighted by atomic mass is 9.84. The molecule has 0 spiro atoms. The normalized spacial score (nSPS) is 15.6. The number of rotatable bonds is 6. The third kappa shape index (κ3) is 3.65. The van der Waals surface area contributed by atoms with Gasteiger partial charge in [-0.2, -0.15) is 0 Å². The molecule has 1 aliphatic carbocycles. The predicted octanol–water partition coefficient (Wildman–Crippen LogP) is 4.86. The second-order valence-electron chi connectivity index (χ2n) is 7.40. The van der Waals surface area contributed by atoms with E-state index >= 15 is 0 Å². The van der Waals surface area contributed by atoms with Gasteiger partial charge in [0.25, 0.3) is 0 Å². The zero-order chi connectivity index (χ0) is 14.9. The van der Waals surface area contributed by atoms with Gasteiger partial charge in [-0.25, -0.2) is 0 Å². The Hall–Kier alpha value is -1.34. The summed E-state index contributed by atoms with van der Waals surface area (Å²) in [5.41, 5.74) is 3.33. The molecule has 0 heterocycles. The van der Waals surface area contributed by atoms with Crippen LogP contribution < -0.4 is 5.32 Å². The second-order valence-corrected chi connectivity index (χ2v) is 7.40. The zero-order valence-electron chi connectivity index (χ0n) is 13.6. The largest absolute Gasteiger partial charge is 0.313 e. The summed E-state index contributed by atoms with van der Waals surface area (Å²) in [6, 6.07) is 14.1. The molecule has 0 aromatic heterocycles. The van der Waals surface area contributed by atoms with Crippen molar-refractivity contribution >= 4 is 10.8 Å². The quantitative estimate of drug-likeness (QED) is 0.797. The average Bonchev–Trinajstić information content (AvgIpc) is 3.28. The van der Waals surface area contributed by atoms with Crippen molar-refractivity contribution in [3.63, 3.8) is 0 Å². The van der Waals surface area contributed by atoms with Gasteiger partial charge in [0.2, 0.25) is 0 Å². The Morgan fingerprint density at radius 2 is 1.86 bits per heavy atom. The predicted molar refractivity (Wildman–Crippen MR) is 91.8 cm³/mol. The molecule has 0 saturated heterocycles. The molecule has 0 atom stereocenters. The van der Waals surface area contributed by atoms with Crippen molar-refractivity contribution < 1.29 is 0 Å². The molecule has 2 aromatic rings. The van der Waals surface area contributed by atoms with Crippen LogP contribution in [0.25, 0.3) is 10.8 Å². The molecule has 2 aromatic carbocycles.